The third-order valence-corrected chi connectivity index (χ3v) is 14.4. The molecule has 0 saturated carbocycles. The van der Waals surface area contributed by atoms with Crippen LogP contribution in [-0.4, -0.2) is 16.9 Å². The van der Waals surface area contributed by atoms with Gasteiger partial charge in [0.1, 0.15) is 11.5 Å². The Balaban J connectivity index is 0.00000616. The van der Waals surface area contributed by atoms with Gasteiger partial charge in [-0.25, -0.2) is 0 Å². The number of aromatic hydroxyl groups is 2. The minimum Gasteiger partial charge on any atom is -0.506 e. The fourth-order valence-electron chi connectivity index (χ4n) is 11.1. The molecule has 0 radical (unpaired) electrons. The average Bonchev–Trinajstić information content (AvgIpc) is 4.05. The molecule has 0 aliphatic carbocycles. The third-order valence-electron chi connectivity index (χ3n) is 14.4. The van der Waals surface area contributed by atoms with Gasteiger partial charge < -0.3 is 39.6 Å². The molecular formula is C67H56N6O2Pt. The summed E-state index contributed by atoms with van der Waals surface area (Å²) in [5.41, 5.74) is 20.3. The van der Waals surface area contributed by atoms with Crippen LogP contribution in [0.4, 0.5) is 68.2 Å². The van der Waals surface area contributed by atoms with E-state index >= 15 is 0 Å². The number of benzene rings is 10. The summed E-state index contributed by atoms with van der Waals surface area (Å²) in [6.45, 7) is 13.2. The zero-order valence-electron chi connectivity index (χ0n) is 42.7. The van der Waals surface area contributed by atoms with Crippen LogP contribution in [0.3, 0.4) is 0 Å². The van der Waals surface area contributed by atoms with E-state index in [-0.39, 0.29) is 32.6 Å². The smallest absolute Gasteiger partial charge is 0.506 e. The molecule has 0 amide bonds. The molecule has 2 heterocycles. The summed E-state index contributed by atoms with van der Waals surface area (Å²) < 4.78 is 0. The van der Waals surface area contributed by atoms with Crippen LogP contribution < -0.4 is 29.4 Å². The van der Waals surface area contributed by atoms with Crippen LogP contribution in [0.15, 0.2) is 231 Å². The molecular weight excluding hydrogens is 1120 g/mol. The molecule has 12 rings (SSSR count). The van der Waals surface area contributed by atoms with E-state index in [2.05, 4.69) is 228 Å². The quantitative estimate of drug-likeness (QED) is 0.117. The van der Waals surface area contributed by atoms with E-state index in [9.17, 15) is 10.2 Å². The molecule has 2 aliphatic heterocycles. The normalized spacial score (nSPS) is 12.6. The molecule has 2 aliphatic rings. The van der Waals surface area contributed by atoms with Crippen LogP contribution in [0.1, 0.15) is 22.3 Å². The van der Waals surface area contributed by atoms with Crippen LogP contribution >= 0.6 is 0 Å². The summed E-state index contributed by atoms with van der Waals surface area (Å²) in [6, 6.07) is 79.3. The molecule has 8 nitrogen and oxygen atoms in total. The van der Waals surface area contributed by atoms with Crippen LogP contribution in [0.2, 0.25) is 0 Å². The largest absolute Gasteiger partial charge is 2.00 e. The molecule has 376 valence electrons. The Bertz CT molecular complexity index is 3340. The van der Waals surface area contributed by atoms with E-state index in [1.54, 1.807) is 0 Å². The van der Waals surface area contributed by atoms with Crippen molar-refractivity contribution in [2.24, 2.45) is 0 Å². The van der Waals surface area contributed by atoms with Crippen LogP contribution in [0.5, 0.6) is 11.5 Å². The molecule has 0 atom stereocenters. The van der Waals surface area contributed by atoms with Crippen LogP contribution in [-0.2, 0) is 21.1 Å². The van der Waals surface area contributed by atoms with Gasteiger partial charge in [-0.3, -0.25) is 0 Å². The van der Waals surface area contributed by atoms with Gasteiger partial charge in [0.2, 0.25) is 0 Å². The minimum atomic E-state index is 0. The Hall–Kier alpha value is -8.71. The van der Waals surface area contributed by atoms with Crippen molar-refractivity contribution in [3.63, 3.8) is 0 Å². The predicted molar refractivity (Wildman–Crippen MR) is 311 cm³/mol. The van der Waals surface area contributed by atoms with Gasteiger partial charge in [-0.1, -0.05) is 109 Å². The van der Waals surface area contributed by atoms with E-state index in [4.69, 9.17) is 0 Å². The predicted octanol–water partition coefficient (Wildman–Crippen LogP) is 17.4. The van der Waals surface area contributed by atoms with Gasteiger partial charge in [0.05, 0.1) is 11.4 Å². The average molecular weight is 1170 g/mol. The number of anilines is 12. The Labute approximate surface area is 460 Å². The van der Waals surface area contributed by atoms with Crippen molar-refractivity contribution >= 4 is 68.2 Å². The molecule has 0 bridgehead atoms. The summed E-state index contributed by atoms with van der Waals surface area (Å²) in [5, 5.41) is 23.9. The fraction of sp³-hybridized carbons (Fsp3) is 0.0746. The van der Waals surface area contributed by atoms with Gasteiger partial charge in [0.25, 0.3) is 0 Å². The van der Waals surface area contributed by atoms with Gasteiger partial charge in [0, 0.05) is 63.5 Å². The SMILES string of the molecule is Cc1cc(N(c2ccccc2)c2ccccc2)cc(C)c1-c1ccc(N2[CH-]N(CN3[CH-]N(c4ccc(-c5c(C)cc(N(c6ccccc6)c6ccccc6)cc5C)cc4O)c4ccccc43)c3ccccc32)c(O)c1.[Pt+2]. The summed E-state index contributed by atoms with van der Waals surface area (Å²) in [6.07, 6.45) is 0. The number of rotatable bonds is 12. The minimum absolute atomic E-state index is 0. The second-order valence-corrected chi connectivity index (χ2v) is 19.4. The van der Waals surface area contributed by atoms with Crippen molar-refractivity contribution in [1.82, 2.24) is 0 Å². The van der Waals surface area contributed by atoms with Gasteiger partial charge in [-0.2, -0.15) is 0 Å². The Morgan fingerprint density at radius 3 is 0.921 bits per heavy atom. The van der Waals surface area contributed by atoms with Gasteiger partial charge in [-0.15, -0.1) is 13.3 Å². The summed E-state index contributed by atoms with van der Waals surface area (Å²) in [7, 11) is 0. The number of aryl methyl sites for hydroxylation is 4. The van der Waals surface area contributed by atoms with E-state index < -0.39 is 0 Å². The number of para-hydroxylation sites is 8. The van der Waals surface area contributed by atoms with E-state index in [0.717, 1.165) is 101 Å². The van der Waals surface area contributed by atoms with Crippen molar-refractivity contribution in [3.8, 4) is 33.8 Å². The number of phenolic OH excluding ortho intramolecular Hbond substituents is 2. The molecule has 10 aromatic rings. The zero-order valence-corrected chi connectivity index (χ0v) is 45.0. The van der Waals surface area contributed by atoms with E-state index in [1.807, 2.05) is 72.8 Å². The molecule has 2 N–H and O–H groups in total. The second-order valence-electron chi connectivity index (χ2n) is 19.4. The number of hydrogen-bond donors (Lipinski definition) is 2. The standard InChI is InChI=1S/C67H56N6O2.Pt/c1-46-37-56(72(52-21-9-5-10-22-52)53-23-11-6-12-24-53)38-47(2)66(46)50-33-35-62(64(74)41-50)70-44-68(58-29-17-19-31-60(58)70)43-69-45-71(61-32-20-18-30-59(61)69)63-36-34-51(42-65(63)75)67-48(3)39-57(40-49(67)4)73(54-25-13-7-14-26-54)55-27-15-8-16-28-55;/h5-42,44-45,74-75H,43H2,1-4H3;/q-2;+2. The third kappa shape index (κ3) is 9.20. The topological polar surface area (TPSA) is 59.9 Å². The van der Waals surface area contributed by atoms with Crippen LogP contribution in [0, 0.1) is 41.0 Å². The first-order chi connectivity index (χ1) is 36.7. The summed E-state index contributed by atoms with van der Waals surface area (Å²) in [4.78, 5) is 13.1. The summed E-state index contributed by atoms with van der Waals surface area (Å²) >= 11 is 0. The second kappa shape index (κ2) is 20.9. The molecule has 0 saturated heterocycles. The van der Waals surface area contributed by atoms with Crippen molar-refractivity contribution in [2.75, 3.05) is 36.1 Å². The van der Waals surface area contributed by atoms with Gasteiger partial charge in [-0.05, 0) is 194 Å². The van der Waals surface area contributed by atoms with Gasteiger partial charge >= 0.3 is 21.1 Å². The molecule has 0 aromatic heterocycles. The van der Waals surface area contributed by atoms with Crippen molar-refractivity contribution in [1.29, 1.82) is 0 Å². The summed E-state index contributed by atoms with van der Waals surface area (Å²) in [5.74, 6) is 0.369. The number of nitrogens with zero attached hydrogens (tertiary/aromatic N) is 6. The maximum absolute atomic E-state index is 12.0. The molecule has 76 heavy (non-hydrogen) atoms. The zero-order chi connectivity index (χ0) is 51.2. The Kier molecular flexibility index (Phi) is 13.6. The molecule has 0 spiro atoms. The first-order valence-corrected chi connectivity index (χ1v) is 25.4. The first-order valence-electron chi connectivity index (χ1n) is 25.4. The van der Waals surface area contributed by atoms with Crippen LogP contribution in [0.25, 0.3) is 22.3 Å². The van der Waals surface area contributed by atoms with Crippen molar-refractivity contribution in [3.05, 3.63) is 266 Å². The van der Waals surface area contributed by atoms with E-state index in [1.165, 1.54) is 0 Å². The van der Waals surface area contributed by atoms with Crippen molar-refractivity contribution < 1.29 is 31.3 Å². The van der Waals surface area contributed by atoms with Gasteiger partial charge in [0.15, 0.2) is 0 Å². The number of hydrogen-bond acceptors (Lipinski definition) is 8. The van der Waals surface area contributed by atoms with E-state index in [0.29, 0.717) is 18.0 Å². The number of fused-ring (bicyclic) bond motifs is 2. The van der Waals surface area contributed by atoms with Crippen molar-refractivity contribution in [2.45, 2.75) is 27.7 Å². The molecule has 9 heteroatoms. The molecule has 10 aromatic carbocycles. The maximum Gasteiger partial charge on any atom is 2.00 e. The fourth-order valence-corrected chi connectivity index (χ4v) is 11.1. The number of phenols is 2. The maximum atomic E-state index is 12.0. The first kappa shape index (κ1) is 49.5. The Morgan fingerprint density at radius 2 is 0.618 bits per heavy atom. The monoisotopic (exact) mass is 1170 g/mol. The molecule has 0 unspecified atom stereocenters. The Morgan fingerprint density at radius 1 is 0.329 bits per heavy atom. The molecule has 0 fully saturated rings.